The fourth-order valence-electron chi connectivity index (χ4n) is 4.12. The molecule has 2 fully saturated rings. The van der Waals surface area contributed by atoms with Gasteiger partial charge in [-0.1, -0.05) is 24.6 Å². The smallest absolute Gasteiger partial charge is 0.193 e. The number of para-hydroxylation sites is 1. The molecular formula is C22H37IN4O. The zero-order chi connectivity index (χ0) is 19.1. The molecule has 28 heavy (non-hydrogen) atoms. The highest BCUT2D eigenvalue weighted by molar-refractivity contribution is 14.0. The lowest BCUT2D eigenvalue weighted by Crippen LogP contribution is -2.56. The number of nitrogens with one attached hydrogen (secondary N) is 1. The van der Waals surface area contributed by atoms with Gasteiger partial charge in [-0.05, 0) is 51.9 Å². The molecule has 0 atom stereocenters. The van der Waals surface area contributed by atoms with E-state index >= 15 is 0 Å². The molecule has 0 aliphatic carbocycles. The number of aliphatic imine (C=N–C) groups is 1. The maximum absolute atomic E-state index is 6.12. The summed E-state index contributed by atoms with van der Waals surface area (Å²) in [6.07, 6.45) is 6.39. The normalized spacial score (nSPS) is 19.8. The van der Waals surface area contributed by atoms with Gasteiger partial charge in [0.1, 0.15) is 11.9 Å². The van der Waals surface area contributed by atoms with Crippen LogP contribution in [0.15, 0.2) is 35.3 Å². The summed E-state index contributed by atoms with van der Waals surface area (Å²) in [5, 5.41) is 3.63. The maximum Gasteiger partial charge on any atom is 0.193 e. The Balaban J connectivity index is 0.00000280. The van der Waals surface area contributed by atoms with E-state index in [1.54, 1.807) is 0 Å². The molecule has 2 heterocycles. The fourth-order valence-corrected chi connectivity index (χ4v) is 4.12. The van der Waals surface area contributed by atoms with Gasteiger partial charge in [0.15, 0.2) is 5.96 Å². The summed E-state index contributed by atoms with van der Waals surface area (Å²) in [5.41, 5.74) is 0.158. The molecule has 1 aromatic carbocycles. The van der Waals surface area contributed by atoms with Crippen molar-refractivity contribution in [3.05, 3.63) is 30.3 Å². The Kier molecular flexibility index (Phi) is 9.34. The summed E-state index contributed by atoms with van der Waals surface area (Å²) < 4.78 is 6.12. The largest absolute Gasteiger partial charge is 0.490 e. The zero-order valence-corrected chi connectivity index (χ0v) is 20.0. The second-order valence-corrected chi connectivity index (χ2v) is 8.38. The minimum absolute atomic E-state index is 0. The molecule has 0 unspecified atom stereocenters. The molecule has 2 saturated heterocycles. The Morgan fingerprint density at radius 2 is 1.71 bits per heavy atom. The molecule has 2 aliphatic rings. The molecule has 2 aliphatic heterocycles. The van der Waals surface area contributed by atoms with E-state index in [0.717, 1.165) is 44.2 Å². The first-order valence-electron chi connectivity index (χ1n) is 10.5. The Morgan fingerprint density at radius 1 is 1.07 bits per heavy atom. The summed E-state index contributed by atoms with van der Waals surface area (Å²) in [6.45, 7) is 10.0. The van der Waals surface area contributed by atoms with Crippen molar-refractivity contribution in [3.8, 4) is 5.75 Å². The Morgan fingerprint density at radius 3 is 2.32 bits per heavy atom. The Hall–Kier alpha value is -1.02. The van der Waals surface area contributed by atoms with Crippen LogP contribution in [-0.4, -0.2) is 67.2 Å². The molecule has 1 N–H and O–H groups in total. The van der Waals surface area contributed by atoms with Gasteiger partial charge in [-0.15, -0.1) is 24.0 Å². The van der Waals surface area contributed by atoms with Crippen molar-refractivity contribution in [1.29, 1.82) is 0 Å². The van der Waals surface area contributed by atoms with Crippen LogP contribution >= 0.6 is 24.0 Å². The molecule has 5 nitrogen and oxygen atoms in total. The van der Waals surface area contributed by atoms with E-state index in [2.05, 4.69) is 34.0 Å². The predicted molar refractivity (Wildman–Crippen MR) is 128 cm³/mol. The van der Waals surface area contributed by atoms with Crippen LogP contribution in [0.5, 0.6) is 5.75 Å². The number of piperidine rings is 2. The van der Waals surface area contributed by atoms with E-state index in [4.69, 9.17) is 4.74 Å². The van der Waals surface area contributed by atoms with Gasteiger partial charge in [-0.25, -0.2) is 0 Å². The highest BCUT2D eigenvalue weighted by Crippen LogP contribution is 2.21. The van der Waals surface area contributed by atoms with Crippen molar-refractivity contribution in [2.45, 2.75) is 57.6 Å². The van der Waals surface area contributed by atoms with E-state index in [1.807, 2.05) is 37.4 Å². The summed E-state index contributed by atoms with van der Waals surface area (Å²) in [6, 6.07) is 10.2. The number of nitrogens with zero attached hydrogens (tertiary/aromatic N) is 3. The Labute approximate surface area is 187 Å². The highest BCUT2D eigenvalue weighted by Gasteiger charge is 2.29. The quantitative estimate of drug-likeness (QED) is 0.377. The highest BCUT2D eigenvalue weighted by atomic mass is 127. The van der Waals surface area contributed by atoms with Crippen molar-refractivity contribution in [1.82, 2.24) is 15.1 Å². The molecule has 0 aromatic heterocycles. The second-order valence-electron chi connectivity index (χ2n) is 8.38. The van der Waals surface area contributed by atoms with Crippen LogP contribution < -0.4 is 10.1 Å². The second kappa shape index (κ2) is 11.2. The molecule has 6 heteroatoms. The third-order valence-electron chi connectivity index (χ3n) is 5.89. The third-order valence-corrected chi connectivity index (χ3v) is 5.89. The average molecular weight is 500 g/mol. The zero-order valence-electron chi connectivity index (χ0n) is 17.7. The number of benzene rings is 1. The van der Waals surface area contributed by atoms with Crippen molar-refractivity contribution in [2.24, 2.45) is 4.99 Å². The number of rotatable bonds is 5. The predicted octanol–water partition coefficient (Wildman–Crippen LogP) is 3.99. The van der Waals surface area contributed by atoms with Crippen molar-refractivity contribution in [2.75, 3.05) is 39.8 Å². The average Bonchev–Trinajstić information content (AvgIpc) is 2.71. The minimum Gasteiger partial charge on any atom is -0.490 e. The fraction of sp³-hybridized carbons (Fsp3) is 0.682. The van der Waals surface area contributed by atoms with Crippen LogP contribution in [0.1, 0.15) is 46.0 Å². The minimum atomic E-state index is 0. The van der Waals surface area contributed by atoms with Gasteiger partial charge in [0.2, 0.25) is 0 Å². The molecule has 1 aromatic rings. The lowest BCUT2D eigenvalue weighted by atomic mass is 9.98. The first kappa shape index (κ1) is 23.3. The summed E-state index contributed by atoms with van der Waals surface area (Å²) in [7, 11) is 1.89. The molecule has 0 radical (unpaired) electrons. The number of likely N-dealkylation sites (tertiary alicyclic amines) is 2. The molecule has 0 bridgehead atoms. The van der Waals surface area contributed by atoms with Gasteiger partial charge in [0, 0.05) is 45.1 Å². The summed E-state index contributed by atoms with van der Waals surface area (Å²) in [4.78, 5) is 9.53. The van der Waals surface area contributed by atoms with Crippen LogP contribution in [0.2, 0.25) is 0 Å². The lowest BCUT2D eigenvalue weighted by Gasteiger charge is -2.42. The SMILES string of the molecule is CN=C(NCC(C)(C)N1CCCCC1)N1CCC(Oc2ccccc2)CC1.I. The van der Waals surface area contributed by atoms with Gasteiger partial charge in [0.05, 0.1) is 0 Å². The van der Waals surface area contributed by atoms with Crippen LogP contribution in [-0.2, 0) is 0 Å². The third kappa shape index (κ3) is 6.51. The van der Waals surface area contributed by atoms with Crippen LogP contribution in [0.3, 0.4) is 0 Å². The van der Waals surface area contributed by atoms with Gasteiger partial charge >= 0.3 is 0 Å². The lowest BCUT2D eigenvalue weighted by molar-refractivity contribution is 0.0961. The van der Waals surface area contributed by atoms with Crippen LogP contribution in [0.25, 0.3) is 0 Å². The first-order chi connectivity index (χ1) is 13.1. The number of guanidine groups is 1. The molecule has 0 saturated carbocycles. The molecule has 3 rings (SSSR count). The number of hydrogen-bond acceptors (Lipinski definition) is 3. The molecule has 0 spiro atoms. The maximum atomic E-state index is 6.12. The van der Waals surface area contributed by atoms with E-state index in [0.29, 0.717) is 6.10 Å². The molecular weight excluding hydrogens is 463 g/mol. The number of halogens is 1. The van der Waals surface area contributed by atoms with Crippen molar-refractivity contribution < 1.29 is 4.74 Å². The Bertz CT molecular complexity index is 594. The topological polar surface area (TPSA) is 40.1 Å². The van der Waals surface area contributed by atoms with E-state index in [-0.39, 0.29) is 29.5 Å². The van der Waals surface area contributed by atoms with Crippen LogP contribution in [0, 0.1) is 0 Å². The summed E-state index contributed by atoms with van der Waals surface area (Å²) >= 11 is 0. The van der Waals surface area contributed by atoms with Crippen molar-refractivity contribution >= 4 is 29.9 Å². The van der Waals surface area contributed by atoms with E-state index < -0.39 is 0 Å². The standard InChI is InChI=1S/C22H36N4O.HI/c1-22(2,26-14-8-5-9-15-26)18-24-21(23-3)25-16-12-20(13-17-25)27-19-10-6-4-7-11-19;/h4,6-7,10-11,20H,5,8-9,12-18H2,1-3H3,(H,23,24);1H. The molecule has 158 valence electrons. The molecule has 0 amide bonds. The monoisotopic (exact) mass is 500 g/mol. The van der Waals surface area contributed by atoms with Gasteiger partial charge in [-0.2, -0.15) is 0 Å². The summed E-state index contributed by atoms with van der Waals surface area (Å²) in [5.74, 6) is 2.00. The van der Waals surface area contributed by atoms with Crippen LogP contribution in [0.4, 0.5) is 0 Å². The number of hydrogen-bond donors (Lipinski definition) is 1. The van der Waals surface area contributed by atoms with E-state index in [1.165, 1.54) is 32.4 Å². The van der Waals surface area contributed by atoms with E-state index in [9.17, 15) is 0 Å². The van der Waals surface area contributed by atoms with Crippen molar-refractivity contribution in [3.63, 3.8) is 0 Å². The number of ether oxygens (including phenoxy) is 1. The first-order valence-corrected chi connectivity index (χ1v) is 10.5. The van der Waals surface area contributed by atoms with Gasteiger partial charge in [0.25, 0.3) is 0 Å². The van der Waals surface area contributed by atoms with Gasteiger partial charge < -0.3 is 15.0 Å². The van der Waals surface area contributed by atoms with Gasteiger partial charge in [-0.3, -0.25) is 9.89 Å².